The van der Waals surface area contributed by atoms with E-state index in [-0.39, 0.29) is 12.5 Å². The first-order valence-corrected chi connectivity index (χ1v) is 6.61. The number of rotatable bonds is 4. The van der Waals surface area contributed by atoms with E-state index < -0.39 is 6.04 Å². The second kappa shape index (κ2) is 5.50. The van der Waals surface area contributed by atoms with Gasteiger partial charge in [-0.25, -0.2) is 4.98 Å². The smallest absolute Gasteiger partial charge is 0.245 e. The summed E-state index contributed by atoms with van der Waals surface area (Å²) in [4.78, 5) is 18.3. The number of carbonyl (C=O) groups is 1. The second-order valence-electron chi connectivity index (χ2n) is 4.83. The fourth-order valence-corrected chi connectivity index (χ4v) is 2.29. The summed E-state index contributed by atoms with van der Waals surface area (Å²) in [6, 6.07) is 4.91. The van der Waals surface area contributed by atoms with Crippen molar-refractivity contribution >= 4 is 22.6 Å². The quantitative estimate of drug-likeness (QED) is 0.820. The van der Waals surface area contributed by atoms with E-state index in [4.69, 9.17) is 5.73 Å². The maximum atomic E-state index is 12.3. The zero-order valence-corrected chi connectivity index (χ0v) is 12.0. The lowest BCUT2D eigenvalue weighted by molar-refractivity contribution is -0.132. The van der Waals surface area contributed by atoms with Gasteiger partial charge in [0.1, 0.15) is 18.5 Å². The van der Waals surface area contributed by atoms with Crippen LogP contribution in [-0.2, 0) is 11.4 Å². The van der Waals surface area contributed by atoms with Gasteiger partial charge in [-0.15, -0.1) is 0 Å². The molecule has 0 spiro atoms. The van der Waals surface area contributed by atoms with E-state index in [0.29, 0.717) is 23.6 Å². The number of fused-ring (bicyclic) bond motifs is 1. The average Bonchev–Trinajstić information content (AvgIpc) is 2.82. The Kier molecular flexibility index (Phi) is 3.94. The molecule has 1 aromatic carbocycles. The van der Waals surface area contributed by atoms with Gasteiger partial charge in [-0.1, -0.05) is 0 Å². The van der Waals surface area contributed by atoms with Gasteiger partial charge < -0.3 is 20.3 Å². The predicted molar refractivity (Wildman–Crippen MR) is 78.1 cm³/mol. The number of nitrogen functional groups attached to an aromatic ring is 1. The molecule has 6 nitrogen and oxygen atoms in total. The van der Waals surface area contributed by atoms with Gasteiger partial charge in [0, 0.05) is 19.3 Å². The molecule has 0 aliphatic rings. The number of hydrogen-bond donors (Lipinski definition) is 2. The first-order valence-electron chi connectivity index (χ1n) is 6.61. The third-order valence-corrected chi connectivity index (χ3v) is 3.52. The number of amides is 1. The predicted octanol–water partition coefficient (Wildman–Crippen LogP) is 1.15. The number of hydrogen-bond acceptors (Lipinski definition) is 4. The van der Waals surface area contributed by atoms with Crippen LogP contribution in [0.4, 0.5) is 5.69 Å². The Bertz CT molecular complexity index is 635. The van der Waals surface area contributed by atoms with Gasteiger partial charge in [0.2, 0.25) is 5.91 Å². The highest BCUT2D eigenvalue weighted by atomic mass is 16.3. The van der Waals surface area contributed by atoms with Crippen LogP contribution in [0, 0.1) is 0 Å². The third kappa shape index (κ3) is 2.34. The Morgan fingerprint density at radius 2 is 2.25 bits per heavy atom. The van der Waals surface area contributed by atoms with E-state index in [1.54, 1.807) is 28.6 Å². The molecular formula is C14H20N4O2. The van der Waals surface area contributed by atoms with Crippen molar-refractivity contribution in [2.24, 2.45) is 0 Å². The van der Waals surface area contributed by atoms with Gasteiger partial charge in [-0.3, -0.25) is 4.79 Å². The first kappa shape index (κ1) is 14.3. The number of anilines is 1. The van der Waals surface area contributed by atoms with Crippen LogP contribution in [-0.4, -0.2) is 39.1 Å². The molecule has 2 aromatic rings. The summed E-state index contributed by atoms with van der Waals surface area (Å²) >= 11 is 0. The molecule has 6 heteroatoms. The minimum Gasteiger partial charge on any atom is -0.399 e. The lowest BCUT2D eigenvalue weighted by Gasteiger charge is -2.22. The zero-order valence-electron chi connectivity index (χ0n) is 12.0. The molecule has 1 unspecified atom stereocenters. The van der Waals surface area contributed by atoms with Gasteiger partial charge in [0.25, 0.3) is 0 Å². The number of aliphatic hydroxyl groups is 1. The number of aliphatic hydroxyl groups excluding tert-OH is 1. The molecule has 2 rings (SSSR count). The minimum absolute atomic E-state index is 0.0154. The van der Waals surface area contributed by atoms with Crippen molar-refractivity contribution in [2.75, 3.05) is 19.3 Å². The maximum absolute atomic E-state index is 12.3. The molecule has 0 aliphatic carbocycles. The van der Waals surface area contributed by atoms with Crippen LogP contribution >= 0.6 is 0 Å². The van der Waals surface area contributed by atoms with E-state index in [1.807, 2.05) is 19.9 Å². The standard InChI is InChI=1S/C14H20N4O2/c1-4-17(3)14(20)9(2)18-12-6-5-10(15)7-11(12)16-13(18)8-19/h5-7,9,19H,4,8,15H2,1-3H3. The SMILES string of the molecule is CCN(C)C(=O)C(C)n1c(CO)nc2cc(N)ccc21. The Hall–Kier alpha value is -2.08. The summed E-state index contributed by atoms with van der Waals surface area (Å²) in [6.45, 7) is 4.15. The topological polar surface area (TPSA) is 84.4 Å². The lowest BCUT2D eigenvalue weighted by Crippen LogP contribution is -2.33. The van der Waals surface area contributed by atoms with Gasteiger partial charge in [-0.2, -0.15) is 0 Å². The highest BCUT2D eigenvalue weighted by molar-refractivity contribution is 5.85. The molecule has 0 bridgehead atoms. The van der Waals surface area contributed by atoms with Crippen molar-refractivity contribution < 1.29 is 9.90 Å². The van der Waals surface area contributed by atoms with Crippen LogP contribution in [0.2, 0.25) is 0 Å². The molecule has 108 valence electrons. The maximum Gasteiger partial charge on any atom is 0.245 e. The summed E-state index contributed by atoms with van der Waals surface area (Å²) in [5.74, 6) is 0.453. The summed E-state index contributed by atoms with van der Waals surface area (Å²) in [6.07, 6.45) is 0. The lowest BCUT2D eigenvalue weighted by atomic mass is 10.2. The number of aromatic nitrogens is 2. The molecule has 20 heavy (non-hydrogen) atoms. The van der Waals surface area contributed by atoms with Gasteiger partial charge in [0.05, 0.1) is 11.0 Å². The van der Waals surface area contributed by atoms with Crippen LogP contribution in [0.25, 0.3) is 11.0 Å². The van der Waals surface area contributed by atoms with Gasteiger partial charge in [0.15, 0.2) is 0 Å². The minimum atomic E-state index is -0.421. The third-order valence-electron chi connectivity index (χ3n) is 3.52. The van der Waals surface area contributed by atoms with E-state index in [9.17, 15) is 9.90 Å². The Balaban J connectivity index is 2.54. The first-order chi connectivity index (χ1) is 9.49. The fraction of sp³-hybridized carbons (Fsp3) is 0.429. The van der Waals surface area contributed by atoms with E-state index in [2.05, 4.69) is 4.98 Å². The number of imidazole rings is 1. The molecule has 1 heterocycles. The monoisotopic (exact) mass is 276 g/mol. The molecule has 1 atom stereocenters. The largest absolute Gasteiger partial charge is 0.399 e. The van der Waals surface area contributed by atoms with Gasteiger partial charge >= 0.3 is 0 Å². The van der Waals surface area contributed by atoms with Crippen molar-refractivity contribution in [1.29, 1.82) is 0 Å². The van der Waals surface area contributed by atoms with Crippen LogP contribution in [0.5, 0.6) is 0 Å². The summed E-state index contributed by atoms with van der Waals surface area (Å²) in [5, 5.41) is 9.48. The molecule has 0 radical (unpaired) electrons. The van der Waals surface area contributed by atoms with Gasteiger partial charge in [-0.05, 0) is 32.0 Å². The second-order valence-corrected chi connectivity index (χ2v) is 4.83. The average molecular weight is 276 g/mol. The zero-order chi connectivity index (χ0) is 14.9. The molecule has 0 aliphatic heterocycles. The summed E-state index contributed by atoms with van der Waals surface area (Å²) in [5.41, 5.74) is 7.84. The van der Waals surface area contributed by atoms with Crippen molar-refractivity contribution in [2.45, 2.75) is 26.5 Å². The normalized spacial score (nSPS) is 12.6. The Morgan fingerprint density at radius 1 is 1.55 bits per heavy atom. The molecular weight excluding hydrogens is 256 g/mol. The summed E-state index contributed by atoms with van der Waals surface area (Å²) < 4.78 is 1.77. The number of likely N-dealkylation sites (N-methyl/N-ethyl adjacent to an activating group) is 1. The molecule has 0 saturated heterocycles. The van der Waals surface area contributed by atoms with Crippen molar-refractivity contribution in [3.8, 4) is 0 Å². The Labute approximate surface area is 117 Å². The molecule has 0 saturated carbocycles. The highest BCUT2D eigenvalue weighted by Crippen LogP contribution is 2.24. The van der Waals surface area contributed by atoms with E-state index >= 15 is 0 Å². The molecule has 1 aromatic heterocycles. The number of carbonyl (C=O) groups excluding carboxylic acids is 1. The van der Waals surface area contributed by atoms with Crippen molar-refractivity contribution in [1.82, 2.24) is 14.5 Å². The van der Waals surface area contributed by atoms with Crippen molar-refractivity contribution in [3.63, 3.8) is 0 Å². The van der Waals surface area contributed by atoms with Crippen LogP contribution < -0.4 is 5.73 Å². The van der Waals surface area contributed by atoms with Crippen LogP contribution in [0.3, 0.4) is 0 Å². The summed E-state index contributed by atoms with van der Waals surface area (Å²) in [7, 11) is 1.76. The molecule has 0 fully saturated rings. The number of nitrogens with two attached hydrogens (primary N) is 1. The van der Waals surface area contributed by atoms with Crippen molar-refractivity contribution in [3.05, 3.63) is 24.0 Å². The Morgan fingerprint density at radius 3 is 2.85 bits per heavy atom. The highest BCUT2D eigenvalue weighted by Gasteiger charge is 2.23. The van der Waals surface area contributed by atoms with Crippen LogP contribution in [0.15, 0.2) is 18.2 Å². The van der Waals surface area contributed by atoms with E-state index in [0.717, 1.165) is 5.52 Å². The van der Waals surface area contributed by atoms with Crippen LogP contribution in [0.1, 0.15) is 25.7 Å². The molecule has 3 N–H and O–H groups in total. The fourth-order valence-electron chi connectivity index (χ4n) is 2.29. The van der Waals surface area contributed by atoms with E-state index in [1.165, 1.54) is 0 Å². The molecule has 1 amide bonds. The number of benzene rings is 1. The number of nitrogens with zero attached hydrogens (tertiary/aromatic N) is 3.